The lowest BCUT2D eigenvalue weighted by Crippen LogP contribution is -2.34. The van der Waals surface area contributed by atoms with Crippen molar-refractivity contribution in [3.05, 3.63) is 59.0 Å². The zero-order valence-electron chi connectivity index (χ0n) is 13.9. The summed E-state index contributed by atoms with van der Waals surface area (Å²) in [7, 11) is 0. The van der Waals surface area contributed by atoms with Gasteiger partial charge in [0.2, 0.25) is 0 Å². The monoisotopic (exact) mass is 375 g/mol. The van der Waals surface area contributed by atoms with Crippen LogP contribution in [0, 0.1) is 0 Å². The number of benzene rings is 1. The molecular formula is C17H18ClN5O3. The van der Waals surface area contributed by atoms with Crippen molar-refractivity contribution in [1.29, 1.82) is 0 Å². The van der Waals surface area contributed by atoms with Crippen molar-refractivity contribution in [2.45, 2.75) is 13.0 Å². The van der Waals surface area contributed by atoms with Crippen LogP contribution in [0.5, 0.6) is 0 Å². The van der Waals surface area contributed by atoms with E-state index in [1.807, 2.05) is 6.92 Å². The van der Waals surface area contributed by atoms with Crippen molar-refractivity contribution in [3.63, 3.8) is 0 Å². The summed E-state index contributed by atoms with van der Waals surface area (Å²) in [5.41, 5.74) is 2.48. The number of hydroxylamine groups is 1. The third-order valence-electron chi connectivity index (χ3n) is 3.26. The molecule has 0 aliphatic rings. The lowest BCUT2D eigenvalue weighted by Gasteiger charge is -2.15. The number of hydrogen-bond acceptors (Lipinski definition) is 6. The van der Waals surface area contributed by atoms with Gasteiger partial charge in [0.25, 0.3) is 11.8 Å². The van der Waals surface area contributed by atoms with Crippen LogP contribution in [0.25, 0.3) is 6.08 Å². The van der Waals surface area contributed by atoms with Gasteiger partial charge < -0.3 is 10.6 Å². The molecule has 136 valence electrons. The number of carbonyl (C=O) groups excluding carboxylic acids is 2. The van der Waals surface area contributed by atoms with E-state index in [4.69, 9.17) is 16.8 Å². The number of anilines is 1. The van der Waals surface area contributed by atoms with E-state index in [1.54, 1.807) is 24.3 Å². The molecule has 0 saturated heterocycles. The second kappa shape index (κ2) is 9.50. The first kappa shape index (κ1) is 19.4. The Morgan fingerprint density at radius 2 is 1.96 bits per heavy atom. The smallest absolute Gasteiger partial charge is 0.267 e. The van der Waals surface area contributed by atoms with Gasteiger partial charge in [-0.2, -0.15) is 0 Å². The molecule has 0 fully saturated rings. The van der Waals surface area contributed by atoms with Crippen molar-refractivity contribution in [3.8, 4) is 0 Å². The van der Waals surface area contributed by atoms with E-state index in [0.717, 1.165) is 6.08 Å². The van der Waals surface area contributed by atoms with E-state index in [-0.39, 0.29) is 11.9 Å². The maximum Gasteiger partial charge on any atom is 0.267 e. The Morgan fingerprint density at radius 1 is 1.23 bits per heavy atom. The Hall–Kier alpha value is -2.97. The van der Waals surface area contributed by atoms with Crippen molar-refractivity contribution in [2.24, 2.45) is 0 Å². The van der Waals surface area contributed by atoms with Gasteiger partial charge in [-0.3, -0.25) is 19.8 Å². The molecular weight excluding hydrogens is 358 g/mol. The summed E-state index contributed by atoms with van der Waals surface area (Å²) in [6.45, 7) is 2.28. The van der Waals surface area contributed by atoms with Gasteiger partial charge in [0, 0.05) is 29.2 Å². The maximum absolute atomic E-state index is 12.0. The molecule has 0 bridgehead atoms. The number of aromatic nitrogens is 2. The van der Waals surface area contributed by atoms with E-state index in [0.29, 0.717) is 28.6 Å². The van der Waals surface area contributed by atoms with Crippen LogP contribution in [-0.4, -0.2) is 39.6 Å². The van der Waals surface area contributed by atoms with E-state index in [9.17, 15) is 9.59 Å². The van der Waals surface area contributed by atoms with Gasteiger partial charge in [0.05, 0.1) is 18.1 Å². The lowest BCUT2D eigenvalue weighted by molar-refractivity contribution is -0.124. The largest absolute Gasteiger partial charge is 0.365 e. The van der Waals surface area contributed by atoms with Gasteiger partial charge in [-0.15, -0.1) is 0 Å². The highest BCUT2D eigenvalue weighted by molar-refractivity contribution is 6.30. The molecule has 0 aliphatic heterocycles. The topological polar surface area (TPSA) is 116 Å². The van der Waals surface area contributed by atoms with Crippen molar-refractivity contribution in [1.82, 2.24) is 20.8 Å². The molecule has 1 aromatic heterocycles. The Bertz CT molecular complexity index is 778. The molecule has 26 heavy (non-hydrogen) atoms. The first-order valence-corrected chi connectivity index (χ1v) is 8.10. The van der Waals surface area contributed by atoms with Crippen LogP contribution in [-0.2, 0) is 4.79 Å². The third kappa shape index (κ3) is 6.15. The van der Waals surface area contributed by atoms with E-state index >= 15 is 0 Å². The van der Waals surface area contributed by atoms with Crippen LogP contribution in [0.2, 0.25) is 5.02 Å². The van der Waals surface area contributed by atoms with Gasteiger partial charge >= 0.3 is 0 Å². The molecule has 2 aromatic rings. The van der Waals surface area contributed by atoms with Crippen LogP contribution in [0.4, 0.5) is 5.82 Å². The van der Waals surface area contributed by atoms with Crippen molar-refractivity contribution in [2.75, 3.05) is 11.9 Å². The van der Waals surface area contributed by atoms with Crippen LogP contribution in [0.15, 0.2) is 42.7 Å². The average molecular weight is 376 g/mol. The number of nitrogens with zero attached hydrogens (tertiary/aromatic N) is 2. The molecule has 2 rings (SSSR count). The summed E-state index contributed by atoms with van der Waals surface area (Å²) in [6.07, 6.45) is 5.53. The molecule has 8 nitrogen and oxygen atoms in total. The fourth-order valence-corrected chi connectivity index (χ4v) is 2.08. The predicted octanol–water partition coefficient (Wildman–Crippen LogP) is 1.88. The molecule has 0 aliphatic carbocycles. The lowest BCUT2D eigenvalue weighted by atomic mass is 10.2. The van der Waals surface area contributed by atoms with Gasteiger partial charge in [0.15, 0.2) is 0 Å². The average Bonchev–Trinajstić information content (AvgIpc) is 2.65. The van der Waals surface area contributed by atoms with Crippen molar-refractivity contribution >= 4 is 35.3 Å². The summed E-state index contributed by atoms with van der Waals surface area (Å²) in [5, 5.41) is 14.9. The van der Waals surface area contributed by atoms with E-state index < -0.39 is 5.91 Å². The minimum absolute atomic E-state index is 0.0814. The molecule has 9 heteroatoms. The molecule has 1 atom stereocenters. The molecule has 2 amide bonds. The number of nitrogens with one attached hydrogen (secondary N) is 3. The molecule has 0 spiro atoms. The second-order valence-corrected chi connectivity index (χ2v) is 5.83. The first-order valence-electron chi connectivity index (χ1n) is 7.72. The molecule has 0 unspecified atom stereocenters. The Kier molecular flexibility index (Phi) is 7.07. The Labute approximate surface area is 155 Å². The third-order valence-corrected chi connectivity index (χ3v) is 3.51. The number of halogens is 1. The van der Waals surface area contributed by atoms with Gasteiger partial charge in [-0.05, 0) is 37.3 Å². The zero-order chi connectivity index (χ0) is 18.9. The van der Waals surface area contributed by atoms with Gasteiger partial charge in [-0.1, -0.05) is 11.6 Å². The van der Waals surface area contributed by atoms with Crippen LogP contribution < -0.4 is 16.1 Å². The van der Waals surface area contributed by atoms with Crippen LogP contribution in [0.3, 0.4) is 0 Å². The maximum atomic E-state index is 12.0. The summed E-state index contributed by atoms with van der Waals surface area (Å²) in [4.78, 5) is 31.2. The highest BCUT2D eigenvalue weighted by atomic mass is 35.5. The highest BCUT2D eigenvalue weighted by Crippen LogP contribution is 2.09. The first-order chi connectivity index (χ1) is 12.5. The minimum Gasteiger partial charge on any atom is -0.365 e. The predicted molar refractivity (Wildman–Crippen MR) is 97.9 cm³/mol. The number of rotatable bonds is 7. The molecule has 0 radical (unpaired) electrons. The Balaban J connectivity index is 1.82. The highest BCUT2D eigenvalue weighted by Gasteiger charge is 2.08. The molecule has 1 heterocycles. The molecule has 4 N–H and O–H groups in total. The van der Waals surface area contributed by atoms with E-state index in [2.05, 4.69) is 20.6 Å². The molecule has 0 saturated carbocycles. The summed E-state index contributed by atoms with van der Waals surface area (Å²) in [6, 6.07) is 6.55. The number of hydrogen-bond donors (Lipinski definition) is 4. The van der Waals surface area contributed by atoms with Gasteiger partial charge in [-0.25, -0.2) is 10.5 Å². The summed E-state index contributed by atoms with van der Waals surface area (Å²) in [5.74, 6) is -0.315. The normalized spacial score (nSPS) is 11.8. The standard InChI is InChI=1S/C17H18ClN5O3/c1-11(8-21-17(25)12-2-4-13(18)5-3-12)22-15-10-19-14(9-20-15)6-7-16(24)23-26/h2-7,9-11,26H,8H2,1H3,(H,20,22)(H,21,25)(H,23,24)/b7-6+/t11-/m1/s1. The number of carbonyl (C=O) groups is 2. The fourth-order valence-electron chi connectivity index (χ4n) is 1.95. The minimum atomic E-state index is -0.654. The summed E-state index contributed by atoms with van der Waals surface area (Å²) < 4.78 is 0. The second-order valence-electron chi connectivity index (χ2n) is 5.40. The quantitative estimate of drug-likeness (QED) is 0.333. The van der Waals surface area contributed by atoms with Crippen LogP contribution in [0.1, 0.15) is 23.0 Å². The zero-order valence-corrected chi connectivity index (χ0v) is 14.7. The summed E-state index contributed by atoms with van der Waals surface area (Å²) >= 11 is 5.80. The molecule has 1 aromatic carbocycles. The SMILES string of the molecule is C[C@H](CNC(=O)c1ccc(Cl)cc1)Nc1cnc(/C=C/C(=O)NO)cn1. The van der Waals surface area contributed by atoms with E-state index in [1.165, 1.54) is 23.9 Å². The van der Waals surface area contributed by atoms with Crippen molar-refractivity contribution < 1.29 is 14.8 Å². The Morgan fingerprint density at radius 3 is 2.58 bits per heavy atom. The number of amides is 2. The van der Waals surface area contributed by atoms with Crippen LogP contribution >= 0.6 is 11.6 Å². The van der Waals surface area contributed by atoms with Gasteiger partial charge in [0.1, 0.15) is 5.82 Å². The fraction of sp³-hybridized carbons (Fsp3) is 0.176.